The summed E-state index contributed by atoms with van der Waals surface area (Å²) in [7, 11) is 0. The van der Waals surface area contributed by atoms with E-state index in [0.717, 1.165) is 17.5 Å². The van der Waals surface area contributed by atoms with E-state index in [4.69, 9.17) is 5.26 Å². The van der Waals surface area contributed by atoms with E-state index in [1.54, 1.807) is 6.20 Å². The molecule has 0 radical (unpaired) electrons. The van der Waals surface area contributed by atoms with Gasteiger partial charge in [0, 0.05) is 18.9 Å². The SMILES string of the molecule is Cc1ccnc(N/C=C(/C#N)C(=O)NCCc2ccccc2)c1. The maximum absolute atomic E-state index is 12.0. The molecule has 116 valence electrons. The van der Waals surface area contributed by atoms with E-state index >= 15 is 0 Å². The molecule has 0 saturated carbocycles. The van der Waals surface area contributed by atoms with Crippen molar-refractivity contribution in [1.82, 2.24) is 10.3 Å². The van der Waals surface area contributed by atoms with Gasteiger partial charge >= 0.3 is 0 Å². The summed E-state index contributed by atoms with van der Waals surface area (Å²) in [5.74, 6) is 0.193. The minimum Gasteiger partial charge on any atom is -0.351 e. The van der Waals surface area contributed by atoms with Crippen LogP contribution in [0, 0.1) is 18.3 Å². The highest BCUT2D eigenvalue weighted by Gasteiger charge is 2.08. The number of pyridine rings is 1. The van der Waals surface area contributed by atoms with Crippen molar-refractivity contribution in [2.45, 2.75) is 13.3 Å². The number of rotatable bonds is 6. The maximum atomic E-state index is 12.0. The zero-order valence-corrected chi connectivity index (χ0v) is 12.9. The molecule has 23 heavy (non-hydrogen) atoms. The number of nitrogens with zero attached hydrogens (tertiary/aromatic N) is 2. The predicted molar refractivity (Wildman–Crippen MR) is 89.4 cm³/mol. The molecule has 0 aliphatic carbocycles. The topological polar surface area (TPSA) is 77.8 Å². The average molecular weight is 306 g/mol. The van der Waals surface area contributed by atoms with Gasteiger partial charge < -0.3 is 10.6 Å². The predicted octanol–water partition coefficient (Wildman–Crippen LogP) is 2.57. The number of anilines is 1. The van der Waals surface area contributed by atoms with Crippen LogP contribution in [0.25, 0.3) is 0 Å². The summed E-state index contributed by atoms with van der Waals surface area (Å²) < 4.78 is 0. The van der Waals surface area contributed by atoms with Crippen molar-refractivity contribution in [2.24, 2.45) is 0 Å². The van der Waals surface area contributed by atoms with Gasteiger partial charge in [0.1, 0.15) is 17.5 Å². The molecule has 1 amide bonds. The fraction of sp³-hybridized carbons (Fsp3) is 0.167. The van der Waals surface area contributed by atoms with Gasteiger partial charge in [-0.05, 0) is 36.6 Å². The van der Waals surface area contributed by atoms with Gasteiger partial charge in [0.05, 0.1) is 0 Å². The largest absolute Gasteiger partial charge is 0.351 e. The fourth-order valence-electron chi connectivity index (χ4n) is 1.97. The zero-order chi connectivity index (χ0) is 16.5. The van der Waals surface area contributed by atoms with Gasteiger partial charge in [-0.15, -0.1) is 0 Å². The van der Waals surface area contributed by atoms with Crippen LogP contribution in [-0.4, -0.2) is 17.4 Å². The van der Waals surface area contributed by atoms with Crippen LogP contribution < -0.4 is 10.6 Å². The van der Waals surface area contributed by atoms with Crippen molar-refractivity contribution in [3.05, 3.63) is 71.6 Å². The molecule has 5 nitrogen and oxygen atoms in total. The quantitative estimate of drug-likeness (QED) is 0.635. The van der Waals surface area contributed by atoms with Crippen molar-refractivity contribution < 1.29 is 4.79 Å². The molecular weight excluding hydrogens is 288 g/mol. The van der Waals surface area contributed by atoms with E-state index in [2.05, 4.69) is 15.6 Å². The third kappa shape index (κ3) is 5.29. The Hall–Kier alpha value is -3.13. The van der Waals surface area contributed by atoms with Gasteiger partial charge in [0.25, 0.3) is 5.91 Å². The number of nitrogens with one attached hydrogen (secondary N) is 2. The van der Waals surface area contributed by atoms with E-state index in [0.29, 0.717) is 12.4 Å². The van der Waals surface area contributed by atoms with Crippen molar-refractivity contribution in [3.63, 3.8) is 0 Å². The van der Waals surface area contributed by atoms with Crippen LogP contribution in [0.15, 0.2) is 60.4 Å². The van der Waals surface area contributed by atoms with Gasteiger partial charge in [-0.2, -0.15) is 5.26 Å². The summed E-state index contributed by atoms with van der Waals surface area (Å²) in [6.45, 7) is 2.42. The summed E-state index contributed by atoms with van der Waals surface area (Å²) in [4.78, 5) is 16.1. The Morgan fingerprint density at radius 1 is 1.30 bits per heavy atom. The summed E-state index contributed by atoms with van der Waals surface area (Å²) in [6, 6.07) is 15.5. The highest BCUT2D eigenvalue weighted by Crippen LogP contribution is 2.06. The number of carbonyl (C=O) groups excluding carboxylic acids is 1. The molecule has 1 aromatic carbocycles. The van der Waals surface area contributed by atoms with E-state index in [9.17, 15) is 4.79 Å². The van der Waals surface area contributed by atoms with Crippen LogP contribution in [0.1, 0.15) is 11.1 Å². The van der Waals surface area contributed by atoms with E-state index in [1.165, 1.54) is 6.20 Å². The third-order valence-electron chi connectivity index (χ3n) is 3.19. The molecule has 0 saturated heterocycles. The van der Waals surface area contributed by atoms with Crippen LogP contribution in [-0.2, 0) is 11.2 Å². The Kier molecular flexibility index (Phi) is 5.89. The Labute approximate surface area is 135 Å². The van der Waals surface area contributed by atoms with Gasteiger partial charge in [0.15, 0.2) is 0 Å². The molecule has 5 heteroatoms. The van der Waals surface area contributed by atoms with E-state index in [1.807, 2.05) is 55.5 Å². The minimum atomic E-state index is -0.399. The smallest absolute Gasteiger partial charge is 0.263 e. The minimum absolute atomic E-state index is 0.0152. The van der Waals surface area contributed by atoms with Crippen LogP contribution in [0.3, 0.4) is 0 Å². The lowest BCUT2D eigenvalue weighted by Gasteiger charge is -2.05. The first kappa shape index (κ1) is 16.2. The number of hydrogen-bond acceptors (Lipinski definition) is 4. The zero-order valence-electron chi connectivity index (χ0n) is 12.9. The lowest BCUT2D eigenvalue weighted by molar-refractivity contribution is -0.117. The van der Waals surface area contributed by atoms with Gasteiger partial charge in [-0.1, -0.05) is 30.3 Å². The lowest BCUT2D eigenvalue weighted by atomic mass is 10.1. The van der Waals surface area contributed by atoms with Crippen LogP contribution in [0.2, 0.25) is 0 Å². The Morgan fingerprint density at radius 3 is 2.78 bits per heavy atom. The fourth-order valence-corrected chi connectivity index (χ4v) is 1.97. The lowest BCUT2D eigenvalue weighted by Crippen LogP contribution is -2.27. The summed E-state index contributed by atoms with van der Waals surface area (Å²) in [5, 5.41) is 14.7. The molecule has 2 rings (SSSR count). The summed E-state index contributed by atoms with van der Waals surface area (Å²) in [5.41, 5.74) is 2.19. The molecular formula is C18H18N4O. The maximum Gasteiger partial charge on any atom is 0.263 e. The molecule has 1 aromatic heterocycles. The van der Waals surface area contributed by atoms with Crippen molar-refractivity contribution in [2.75, 3.05) is 11.9 Å². The molecule has 1 heterocycles. The Balaban J connectivity index is 1.88. The number of hydrogen-bond donors (Lipinski definition) is 2. The van der Waals surface area contributed by atoms with Crippen LogP contribution in [0.4, 0.5) is 5.82 Å². The van der Waals surface area contributed by atoms with Gasteiger partial charge in [-0.25, -0.2) is 4.98 Å². The second-order valence-corrected chi connectivity index (χ2v) is 5.02. The van der Waals surface area contributed by atoms with Crippen LogP contribution in [0.5, 0.6) is 0 Å². The first-order valence-electron chi connectivity index (χ1n) is 7.30. The highest BCUT2D eigenvalue weighted by atomic mass is 16.1. The van der Waals surface area contributed by atoms with Crippen molar-refractivity contribution >= 4 is 11.7 Å². The molecule has 0 aliphatic rings. The molecule has 0 aliphatic heterocycles. The first-order valence-corrected chi connectivity index (χ1v) is 7.30. The Bertz CT molecular complexity index is 732. The molecule has 0 spiro atoms. The second kappa shape index (κ2) is 8.35. The molecule has 0 unspecified atom stereocenters. The van der Waals surface area contributed by atoms with Crippen molar-refractivity contribution in [3.8, 4) is 6.07 Å². The number of aryl methyl sites for hydroxylation is 1. The summed E-state index contributed by atoms with van der Waals surface area (Å²) >= 11 is 0. The molecule has 2 aromatic rings. The van der Waals surface area contributed by atoms with Crippen LogP contribution >= 0.6 is 0 Å². The van der Waals surface area contributed by atoms with E-state index < -0.39 is 5.91 Å². The van der Waals surface area contributed by atoms with Crippen molar-refractivity contribution in [1.29, 1.82) is 5.26 Å². The number of amides is 1. The van der Waals surface area contributed by atoms with Gasteiger partial charge in [0.2, 0.25) is 0 Å². The standard InChI is InChI=1S/C18H18N4O/c1-14-7-9-20-17(11-14)22-13-16(12-19)18(23)21-10-8-15-5-3-2-4-6-15/h2-7,9,11,13H,8,10H2,1H3,(H,20,22)(H,21,23)/b16-13-. The molecule has 2 N–H and O–H groups in total. The monoisotopic (exact) mass is 306 g/mol. The number of carbonyl (C=O) groups is 1. The summed E-state index contributed by atoms with van der Waals surface area (Å²) in [6.07, 6.45) is 3.76. The second-order valence-electron chi connectivity index (χ2n) is 5.02. The highest BCUT2D eigenvalue weighted by molar-refractivity contribution is 5.97. The third-order valence-corrected chi connectivity index (χ3v) is 3.19. The number of aromatic nitrogens is 1. The first-order chi connectivity index (χ1) is 11.2. The van der Waals surface area contributed by atoms with Gasteiger partial charge in [-0.3, -0.25) is 4.79 Å². The number of benzene rings is 1. The molecule has 0 bridgehead atoms. The Morgan fingerprint density at radius 2 is 2.09 bits per heavy atom. The van der Waals surface area contributed by atoms with E-state index in [-0.39, 0.29) is 5.57 Å². The normalized spacial score (nSPS) is 10.7. The number of nitriles is 1. The molecule has 0 fully saturated rings. The average Bonchev–Trinajstić information content (AvgIpc) is 2.56. The molecule has 0 atom stereocenters.